The molecule has 6 aromatic rings. The highest BCUT2D eigenvalue weighted by molar-refractivity contribution is 9.11. The van der Waals surface area contributed by atoms with Crippen LogP contribution in [0.5, 0.6) is 23.0 Å². The first-order valence-corrected chi connectivity index (χ1v) is 15.6. The van der Waals surface area contributed by atoms with Crippen LogP contribution in [-0.4, -0.2) is 0 Å². The summed E-state index contributed by atoms with van der Waals surface area (Å²) in [6, 6.07) is 47.8. The smallest absolute Gasteiger partial charge is 0.146 e. The topological polar surface area (TPSA) is 18.5 Å². The Morgan fingerprint density at radius 3 is 1.24 bits per heavy atom. The largest absolute Gasteiger partial charge is 0.457 e. The summed E-state index contributed by atoms with van der Waals surface area (Å²) in [5.41, 5.74) is 7.95. The number of rotatable bonds is 0. The van der Waals surface area contributed by atoms with Gasteiger partial charge in [-0.3, -0.25) is 0 Å². The van der Waals surface area contributed by atoms with Crippen molar-refractivity contribution in [1.82, 2.24) is 0 Å². The number of hydrogen-bond acceptors (Lipinski definition) is 2. The Kier molecular flexibility index (Phi) is 5.07. The van der Waals surface area contributed by atoms with E-state index in [9.17, 15) is 0 Å². The lowest BCUT2D eigenvalue weighted by Gasteiger charge is -2.59. The molecule has 1 aliphatic carbocycles. The number of para-hydroxylation sites is 4. The number of ether oxygens (including phenoxy) is 2. The van der Waals surface area contributed by atoms with Gasteiger partial charge in [-0.2, -0.15) is 0 Å². The average Bonchev–Trinajstić information content (AvgIpc) is 3.03. The standard InChI is InChI=1S/C38H22Br2O2/c39-31-19-9-17-29-35(31)42-36-30(18-10-20-32(36)40)38(29)26-14-4-2-12-24(26)23-11-1-3-13-25(23)37(38)27-15-5-7-21-33(27)41-34-22-8-6-16-28(34)37/h1-22H. The fourth-order valence-corrected chi connectivity index (χ4v) is 8.83. The molecule has 2 heterocycles. The maximum atomic E-state index is 6.85. The van der Waals surface area contributed by atoms with E-state index in [1.165, 1.54) is 22.3 Å². The molecular formula is C38H22Br2O2. The quantitative estimate of drug-likeness (QED) is 0.160. The lowest BCUT2D eigenvalue weighted by Crippen LogP contribution is -2.56. The molecule has 0 N–H and O–H groups in total. The van der Waals surface area contributed by atoms with Gasteiger partial charge < -0.3 is 9.47 Å². The van der Waals surface area contributed by atoms with E-state index in [2.05, 4.69) is 165 Å². The Bertz CT molecular complexity index is 2000. The minimum Gasteiger partial charge on any atom is -0.457 e. The Morgan fingerprint density at radius 2 is 0.738 bits per heavy atom. The highest BCUT2D eigenvalue weighted by Gasteiger charge is 2.66. The Morgan fingerprint density at radius 1 is 0.357 bits per heavy atom. The highest BCUT2D eigenvalue weighted by atomic mass is 79.9. The van der Waals surface area contributed by atoms with Crippen LogP contribution in [0.3, 0.4) is 0 Å². The third-order valence-corrected chi connectivity index (χ3v) is 10.5. The van der Waals surface area contributed by atoms with Crippen molar-refractivity contribution in [3.8, 4) is 34.1 Å². The maximum absolute atomic E-state index is 6.85. The van der Waals surface area contributed by atoms with E-state index in [1.54, 1.807) is 0 Å². The van der Waals surface area contributed by atoms with Gasteiger partial charge in [-0.15, -0.1) is 0 Å². The molecule has 0 aromatic heterocycles. The Labute approximate surface area is 260 Å². The predicted octanol–water partition coefficient (Wildman–Crippen LogP) is 10.8. The maximum Gasteiger partial charge on any atom is 0.146 e. The summed E-state index contributed by atoms with van der Waals surface area (Å²) < 4.78 is 15.4. The van der Waals surface area contributed by atoms with Crippen LogP contribution >= 0.6 is 31.9 Å². The fraction of sp³-hybridized carbons (Fsp3) is 0.0526. The van der Waals surface area contributed by atoms with E-state index in [-0.39, 0.29) is 0 Å². The summed E-state index contributed by atoms with van der Waals surface area (Å²) in [5, 5.41) is 0. The van der Waals surface area contributed by atoms with Gasteiger partial charge in [0.2, 0.25) is 0 Å². The summed E-state index contributed by atoms with van der Waals surface area (Å²) >= 11 is 7.78. The van der Waals surface area contributed by atoms with Crippen molar-refractivity contribution >= 4 is 31.9 Å². The molecule has 0 saturated heterocycles. The zero-order valence-corrected chi connectivity index (χ0v) is 25.4. The molecule has 0 atom stereocenters. The number of halogens is 2. The van der Waals surface area contributed by atoms with Crippen LogP contribution in [0, 0.1) is 0 Å². The van der Waals surface area contributed by atoms with E-state index >= 15 is 0 Å². The number of fused-ring (bicyclic) bond motifs is 14. The third-order valence-electron chi connectivity index (χ3n) is 9.26. The van der Waals surface area contributed by atoms with Gasteiger partial charge in [-0.1, -0.05) is 109 Å². The molecule has 0 amide bonds. The van der Waals surface area contributed by atoms with Crippen LogP contribution in [0.2, 0.25) is 0 Å². The van der Waals surface area contributed by atoms with E-state index < -0.39 is 10.8 Å². The molecule has 42 heavy (non-hydrogen) atoms. The first kappa shape index (κ1) is 24.5. The molecule has 9 rings (SSSR count). The van der Waals surface area contributed by atoms with Crippen LogP contribution in [0.25, 0.3) is 11.1 Å². The molecule has 0 unspecified atom stereocenters. The first-order valence-electron chi connectivity index (χ1n) is 14.0. The molecule has 0 saturated carbocycles. The second-order valence-corrected chi connectivity index (χ2v) is 12.7. The molecule has 200 valence electrons. The molecule has 2 nitrogen and oxygen atoms in total. The van der Waals surface area contributed by atoms with E-state index in [0.717, 1.165) is 54.2 Å². The van der Waals surface area contributed by atoms with Crippen LogP contribution in [0.1, 0.15) is 33.4 Å². The van der Waals surface area contributed by atoms with E-state index in [0.29, 0.717) is 0 Å². The molecule has 0 bridgehead atoms. The van der Waals surface area contributed by atoms with Gasteiger partial charge >= 0.3 is 0 Å². The summed E-state index contributed by atoms with van der Waals surface area (Å²) in [5.74, 6) is 3.38. The number of hydrogen-bond donors (Lipinski definition) is 0. The fourth-order valence-electron chi connectivity index (χ4n) is 7.94. The van der Waals surface area contributed by atoms with Gasteiger partial charge in [0.05, 0.1) is 19.8 Å². The Hall–Kier alpha value is -4.12. The second kappa shape index (κ2) is 8.70. The van der Waals surface area contributed by atoms with Gasteiger partial charge in [0.1, 0.15) is 23.0 Å². The highest BCUT2D eigenvalue weighted by Crippen LogP contribution is 2.72. The normalized spacial score (nSPS) is 15.7. The van der Waals surface area contributed by atoms with Crippen LogP contribution in [0.4, 0.5) is 0 Å². The Balaban J connectivity index is 1.64. The van der Waals surface area contributed by atoms with Gasteiger partial charge in [-0.25, -0.2) is 0 Å². The third kappa shape index (κ3) is 2.80. The molecule has 2 spiro atoms. The molecule has 6 aromatic carbocycles. The van der Waals surface area contributed by atoms with Gasteiger partial charge in [0.15, 0.2) is 0 Å². The first-order chi connectivity index (χ1) is 20.7. The molecule has 0 fully saturated rings. The average molecular weight is 670 g/mol. The monoisotopic (exact) mass is 668 g/mol. The van der Waals surface area contributed by atoms with Crippen molar-refractivity contribution in [2.45, 2.75) is 10.8 Å². The minimum atomic E-state index is -0.732. The summed E-state index contributed by atoms with van der Waals surface area (Å²) in [7, 11) is 0. The van der Waals surface area contributed by atoms with Gasteiger partial charge in [-0.05, 0) is 78.4 Å². The van der Waals surface area contributed by atoms with Crippen LogP contribution in [-0.2, 0) is 10.8 Å². The lowest BCUT2D eigenvalue weighted by molar-refractivity contribution is 0.318. The molecule has 2 aliphatic heterocycles. The lowest BCUT2D eigenvalue weighted by atomic mass is 9.42. The SMILES string of the molecule is Brc1cccc2c1Oc1c(Br)cccc1C21c2ccccc2-c2ccccc2C12c1ccccc1Oc1ccccc12. The van der Waals surface area contributed by atoms with Crippen LogP contribution < -0.4 is 9.47 Å². The van der Waals surface area contributed by atoms with E-state index in [4.69, 9.17) is 9.47 Å². The summed E-state index contributed by atoms with van der Waals surface area (Å²) in [6.07, 6.45) is 0. The molecule has 4 heteroatoms. The van der Waals surface area contributed by atoms with Crippen molar-refractivity contribution in [1.29, 1.82) is 0 Å². The van der Waals surface area contributed by atoms with E-state index in [1.807, 2.05) is 0 Å². The van der Waals surface area contributed by atoms with Crippen LogP contribution in [0.15, 0.2) is 142 Å². The van der Waals surface area contributed by atoms with Gasteiger partial charge in [0.25, 0.3) is 0 Å². The van der Waals surface area contributed by atoms with Gasteiger partial charge in [0, 0.05) is 22.3 Å². The summed E-state index contributed by atoms with van der Waals surface area (Å²) in [4.78, 5) is 0. The second-order valence-electron chi connectivity index (χ2n) is 11.0. The van der Waals surface area contributed by atoms with Crippen molar-refractivity contribution in [3.05, 3.63) is 176 Å². The zero-order chi connectivity index (χ0) is 28.1. The van der Waals surface area contributed by atoms with Crippen molar-refractivity contribution < 1.29 is 9.47 Å². The van der Waals surface area contributed by atoms with Crippen molar-refractivity contribution in [3.63, 3.8) is 0 Å². The zero-order valence-electron chi connectivity index (χ0n) is 22.3. The molecular weight excluding hydrogens is 648 g/mol. The summed E-state index contributed by atoms with van der Waals surface area (Å²) in [6.45, 7) is 0. The molecule has 0 radical (unpaired) electrons. The number of benzene rings is 6. The van der Waals surface area contributed by atoms with Crippen molar-refractivity contribution in [2.75, 3.05) is 0 Å². The molecule has 3 aliphatic rings. The minimum absolute atomic E-state index is 0.710. The predicted molar refractivity (Wildman–Crippen MR) is 173 cm³/mol. The van der Waals surface area contributed by atoms with Crippen molar-refractivity contribution in [2.24, 2.45) is 0 Å².